The number of hydrogen-bond acceptors (Lipinski definition) is 2. The molecule has 1 N–H and O–H groups in total. The van der Waals surface area contributed by atoms with E-state index >= 15 is 0 Å². The number of thioether (sulfide) groups is 1. The molecule has 0 aliphatic heterocycles. The highest BCUT2D eigenvalue weighted by Crippen LogP contribution is 2.25. The fourth-order valence-corrected chi connectivity index (χ4v) is 2.85. The van der Waals surface area contributed by atoms with Gasteiger partial charge in [-0.1, -0.05) is 29.8 Å². The van der Waals surface area contributed by atoms with Gasteiger partial charge in [0.2, 0.25) is 5.91 Å². The quantitative estimate of drug-likeness (QED) is 0.827. The standard InChI is InChI=1S/C18H21NOS/c1-12-6-9-16(10-7-12)21-15(4)18(20)19-17-11-13(2)5-8-14(17)3/h5-11,15H,1-4H3,(H,19,20). The first-order valence-electron chi connectivity index (χ1n) is 7.07. The first-order valence-corrected chi connectivity index (χ1v) is 7.95. The predicted octanol–water partition coefficient (Wildman–Crippen LogP) is 4.73. The van der Waals surface area contributed by atoms with Gasteiger partial charge in [-0.3, -0.25) is 4.79 Å². The third kappa shape index (κ3) is 4.36. The van der Waals surface area contributed by atoms with Crippen LogP contribution < -0.4 is 5.32 Å². The summed E-state index contributed by atoms with van der Waals surface area (Å²) < 4.78 is 0. The number of nitrogens with one attached hydrogen (secondary N) is 1. The molecule has 0 spiro atoms. The number of carbonyl (C=O) groups excluding carboxylic acids is 1. The Kier molecular flexibility index (Phi) is 5.07. The van der Waals surface area contributed by atoms with E-state index in [0.29, 0.717) is 0 Å². The summed E-state index contributed by atoms with van der Waals surface area (Å²) in [7, 11) is 0. The van der Waals surface area contributed by atoms with Gasteiger partial charge in [-0.15, -0.1) is 11.8 Å². The molecule has 0 radical (unpaired) electrons. The molecule has 0 aromatic heterocycles. The number of amides is 1. The summed E-state index contributed by atoms with van der Waals surface area (Å²) in [6.45, 7) is 8.03. The van der Waals surface area contributed by atoms with E-state index in [4.69, 9.17) is 0 Å². The van der Waals surface area contributed by atoms with Crippen molar-refractivity contribution < 1.29 is 4.79 Å². The monoisotopic (exact) mass is 299 g/mol. The Bertz CT molecular complexity index is 634. The average Bonchev–Trinajstić information content (AvgIpc) is 2.45. The van der Waals surface area contributed by atoms with Gasteiger partial charge in [0.05, 0.1) is 5.25 Å². The van der Waals surface area contributed by atoms with Crippen molar-refractivity contribution in [2.24, 2.45) is 0 Å². The maximum atomic E-state index is 12.3. The summed E-state index contributed by atoms with van der Waals surface area (Å²) >= 11 is 1.58. The van der Waals surface area contributed by atoms with Crippen LogP contribution in [0.1, 0.15) is 23.6 Å². The highest BCUT2D eigenvalue weighted by atomic mass is 32.2. The zero-order valence-corrected chi connectivity index (χ0v) is 13.8. The molecule has 3 heteroatoms. The van der Waals surface area contributed by atoms with Crippen LogP contribution in [-0.4, -0.2) is 11.2 Å². The minimum absolute atomic E-state index is 0.0364. The van der Waals surface area contributed by atoms with Crippen molar-refractivity contribution in [2.45, 2.75) is 37.8 Å². The van der Waals surface area contributed by atoms with Gasteiger partial charge in [0.15, 0.2) is 0 Å². The Morgan fingerprint density at radius 3 is 2.29 bits per heavy atom. The van der Waals surface area contributed by atoms with Crippen LogP contribution in [0.4, 0.5) is 5.69 Å². The summed E-state index contributed by atoms with van der Waals surface area (Å²) in [5.74, 6) is 0.0364. The van der Waals surface area contributed by atoms with Crippen molar-refractivity contribution >= 4 is 23.4 Å². The molecule has 0 saturated carbocycles. The summed E-state index contributed by atoms with van der Waals surface area (Å²) in [6, 6.07) is 14.3. The number of aryl methyl sites for hydroxylation is 3. The maximum Gasteiger partial charge on any atom is 0.237 e. The minimum atomic E-state index is -0.132. The SMILES string of the molecule is Cc1ccc(SC(C)C(=O)Nc2cc(C)ccc2C)cc1. The molecular formula is C18H21NOS. The fraction of sp³-hybridized carbons (Fsp3) is 0.278. The van der Waals surface area contributed by atoms with E-state index < -0.39 is 0 Å². The van der Waals surface area contributed by atoms with E-state index in [0.717, 1.165) is 21.7 Å². The Morgan fingerprint density at radius 2 is 1.62 bits per heavy atom. The number of hydrogen-bond donors (Lipinski definition) is 1. The zero-order chi connectivity index (χ0) is 15.4. The lowest BCUT2D eigenvalue weighted by Crippen LogP contribution is -2.22. The molecule has 0 aliphatic rings. The van der Waals surface area contributed by atoms with Crippen molar-refractivity contribution in [3.8, 4) is 0 Å². The van der Waals surface area contributed by atoms with E-state index in [1.54, 1.807) is 11.8 Å². The van der Waals surface area contributed by atoms with Gasteiger partial charge in [0, 0.05) is 10.6 Å². The Morgan fingerprint density at radius 1 is 1.00 bits per heavy atom. The van der Waals surface area contributed by atoms with Gasteiger partial charge >= 0.3 is 0 Å². The molecule has 1 amide bonds. The van der Waals surface area contributed by atoms with E-state index in [9.17, 15) is 4.79 Å². The molecule has 0 bridgehead atoms. The number of carbonyl (C=O) groups is 1. The van der Waals surface area contributed by atoms with Gasteiger partial charge in [-0.2, -0.15) is 0 Å². The average molecular weight is 299 g/mol. The highest BCUT2D eigenvalue weighted by Gasteiger charge is 2.15. The second kappa shape index (κ2) is 6.81. The smallest absolute Gasteiger partial charge is 0.237 e. The molecule has 110 valence electrons. The van der Waals surface area contributed by atoms with Crippen LogP contribution >= 0.6 is 11.8 Å². The van der Waals surface area contributed by atoms with E-state index in [1.165, 1.54) is 5.56 Å². The van der Waals surface area contributed by atoms with Gasteiger partial charge in [-0.25, -0.2) is 0 Å². The van der Waals surface area contributed by atoms with Crippen LogP contribution in [0.2, 0.25) is 0 Å². The van der Waals surface area contributed by atoms with Gasteiger partial charge in [-0.05, 0) is 57.0 Å². The Balaban J connectivity index is 2.02. The van der Waals surface area contributed by atoms with Gasteiger partial charge in [0.1, 0.15) is 0 Å². The van der Waals surface area contributed by atoms with Crippen molar-refractivity contribution in [3.63, 3.8) is 0 Å². The Labute approximate surface area is 131 Å². The van der Waals surface area contributed by atoms with Crippen LogP contribution in [0.5, 0.6) is 0 Å². The summed E-state index contributed by atoms with van der Waals surface area (Å²) in [4.78, 5) is 13.4. The number of anilines is 1. The first-order chi connectivity index (χ1) is 9.95. The van der Waals surface area contributed by atoms with Crippen LogP contribution in [0.25, 0.3) is 0 Å². The molecule has 0 heterocycles. The molecule has 0 saturated heterocycles. The summed E-state index contributed by atoms with van der Waals surface area (Å²) in [6.07, 6.45) is 0. The van der Waals surface area contributed by atoms with Crippen LogP contribution in [0.3, 0.4) is 0 Å². The lowest BCUT2D eigenvalue weighted by molar-refractivity contribution is -0.115. The molecule has 21 heavy (non-hydrogen) atoms. The molecule has 2 rings (SSSR count). The van der Waals surface area contributed by atoms with E-state index in [-0.39, 0.29) is 11.2 Å². The zero-order valence-electron chi connectivity index (χ0n) is 12.9. The summed E-state index contributed by atoms with van der Waals surface area (Å²) in [5.41, 5.74) is 4.36. The molecule has 0 aliphatic carbocycles. The number of rotatable bonds is 4. The third-order valence-corrected chi connectivity index (χ3v) is 4.47. The van der Waals surface area contributed by atoms with Crippen molar-refractivity contribution in [2.75, 3.05) is 5.32 Å². The van der Waals surface area contributed by atoms with Crippen molar-refractivity contribution in [1.82, 2.24) is 0 Å². The lowest BCUT2D eigenvalue weighted by atomic mass is 10.1. The largest absolute Gasteiger partial charge is 0.325 e. The van der Waals surface area contributed by atoms with Crippen molar-refractivity contribution in [1.29, 1.82) is 0 Å². The molecule has 2 aromatic rings. The molecule has 0 fully saturated rings. The molecule has 1 unspecified atom stereocenters. The highest BCUT2D eigenvalue weighted by molar-refractivity contribution is 8.00. The van der Waals surface area contributed by atoms with E-state index in [2.05, 4.69) is 42.6 Å². The predicted molar refractivity (Wildman–Crippen MR) is 91.0 cm³/mol. The lowest BCUT2D eigenvalue weighted by Gasteiger charge is -2.14. The molecule has 2 nitrogen and oxygen atoms in total. The summed E-state index contributed by atoms with van der Waals surface area (Å²) in [5, 5.41) is 2.89. The third-order valence-electron chi connectivity index (χ3n) is 3.35. The minimum Gasteiger partial charge on any atom is -0.325 e. The van der Waals surface area contributed by atoms with E-state index in [1.807, 2.05) is 32.9 Å². The topological polar surface area (TPSA) is 29.1 Å². The first kappa shape index (κ1) is 15.6. The number of benzene rings is 2. The molecule has 2 aromatic carbocycles. The van der Waals surface area contributed by atoms with Crippen molar-refractivity contribution in [3.05, 3.63) is 59.2 Å². The second-order valence-corrected chi connectivity index (χ2v) is 6.79. The fourth-order valence-electron chi connectivity index (χ4n) is 1.98. The van der Waals surface area contributed by atoms with Gasteiger partial charge in [0.25, 0.3) is 0 Å². The van der Waals surface area contributed by atoms with Crippen LogP contribution in [0, 0.1) is 20.8 Å². The van der Waals surface area contributed by atoms with Gasteiger partial charge < -0.3 is 5.32 Å². The normalized spacial score (nSPS) is 12.0. The van der Waals surface area contributed by atoms with Crippen LogP contribution in [-0.2, 0) is 4.79 Å². The molecule has 1 atom stereocenters. The van der Waals surface area contributed by atoms with Crippen LogP contribution in [0.15, 0.2) is 47.4 Å². The maximum absolute atomic E-state index is 12.3. The Hall–Kier alpha value is -1.74. The molecular weight excluding hydrogens is 278 g/mol. The second-order valence-electron chi connectivity index (χ2n) is 5.38.